The van der Waals surface area contributed by atoms with Crippen molar-refractivity contribution in [3.05, 3.63) is 46.0 Å². The second-order valence-corrected chi connectivity index (χ2v) is 4.91. The Labute approximate surface area is 112 Å². The van der Waals surface area contributed by atoms with Crippen LogP contribution in [0.2, 0.25) is 0 Å². The van der Waals surface area contributed by atoms with Gasteiger partial charge in [-0.1, -0.05) is 12.1 Å². The van der Waals surface area contributed by atoms with E-state index >= 15 is 0 Å². The highest BCUT2D eigenvalue weighted by Gasteiger charge is 2.15. The molecule has 0 aliphatic carbocycles. The number of nitrogens with zero attached hydrogens (tertiary/aromatic N) is 1. The Kier molecular flexibility index (Phi) is 3.87. The molecule has 0 bridgehead atoms. The van der Waals surface area contributed by atoms with Crippen molar-refractivity contribution in [2.24, 2.45) is 0 Å². The van der Waals surface area contributed by atoms with Crippen molar-refractivity contribution in [1.82, 2.24) is 9.97 Å². The van der Waals surface area contributed by atoms with Crippen molar-refractivity contribution in [1.29, 1.82) is 0 Å². The van der Waals surface area contributed by atoms with Gasteiger partial charge in [-0.15, -0.1) is 0 Å². The number of hydrogen-bond donors (Lipinski definition) is 3. The largest absolute Gasteiger partial charge is 0.389 e. The van der Waals surface area contributed by atoms with Gasteiger partial charge in [-0.3, -0.25) is 4.79 Å². The number of aromatic amines is 1. The molecule has 7 heteroatoms. The summed E-state index contributed by atoms with van der Waals surface area (Å²) < 4.78 is 13.8. The third-order valence-corrected chi connectivity index (χ3v) is 3.41. The minimum Gasteiger partial charge on any atom is -0.389 e. The average Bonchev–Trinajstić information content (AvgIpc) is 2.30. The Morgan fingerprint density at radius 2 is 2.26 bits per heavy atom. The number of anilines is 1. The fourth-order valence-corrected chi connectivity index (χ4v) is 2.58. The Hall–Kier alpha value is -1.86. The van der Waals surface area contributed by atoms with E-state index in [1.165, 1.54) is 19.1 Å². The number of aromatic nitrogens is 2. The summed E-state index contributed by atoms with van der Waals surface area (Å²) in [4.78, 5) is 17.9. The summed E-state index contributed by atoms with van der Waals surface area (Å²) >= 11 is 0.916. The van der Waals surface area contributed by atoms with Crippen molar-refractivity contribution in [3.8, 4) is 0 Å². The van der Waals surface area contributed by atoms with Gasteiger partial charge in [0, 0.05) is 6.07 Å². The molecule has 2 rings (SSSR count). The summed E-state index contributed by atoms with van der Waals surface area (Å²) in [7, 11) is 0. The SMILES string of the molecule is CC(O)c1cccc(F)c1Sc1nc(N)cc(=O)[nH]1. The molecule has 1 heterocycles. The first kappa shape index (κ1) is 13.6. The molecule has 1 unspecified atom stereocenters. The minimum atomic E-state index is -0.828. The molecule has 5 nitrogen and oxygen atoms in total. The normalized spacial score (nSPS) is 12.4. The first-order chi connectivity index (χ1) is 8.97. The van der Waals surface area contributed by atoms with Crippen molar-refractivity contribution < 1.29 is 9.50 Å². The van der Waals surface area contributed by atoms with Gasteiger partial charge in [0.2, 0.25) is 0 Å². The molecular formula is C12H12FN3O2S. The summed E-state index contributed by atoms with van der Waals surface area (Å²) in [6.07, 6.45) is -0.828. The molecule has 0 fully saturated rings. The number of aliphatic hydroxyl groups is 1. The van der Waals surface area contributed by atoms with Gasteiger partial charge in [-0.05, 0) is 30.3 Å². The van der Waals surface area contributed by atoms with Gasteiger partial charge >= 0.3 is 0 Å². The van der Waals surface area contributed by atoms with Gasteiger partial charge in [-0.2, -0.15) is 0 Å². The lowest BCUT2D eigenvalue weighted by Crippen LogP contribution is -2.09. The molecule has 0 amide bonds. The Morgan fingerprint density at radius 1 is 1.53 bits per heavy atom. The first-order valence-corrected chi connectivity index (χ1v) is 6.30. The summed E-state index contributed by atoms with van der Waals surface area (Å²) in [5, 5.41) is 9.80. The van der Waals surface area contributed by atoms with Crippen LogP contribution in [0.1, 0.15) is 18.6 Å². The van der Waals surface area contributed by atoms with Crippen LogP contribution in [-0.4, -0.2) is 15.1 Å². The van der Waals surface area contributed by atoms with Crippen LogP contribution in [0.3, 0.4) is 0 Å². The predicted octanol–water partition coefficient (Wildman–Crippen LogP) is 1.70. The quantitative estimate of drug-likeness (QED) is 0.745. The highest BCUT2D eigenvalue weighted by molar-refractivity contribution is 7.99. The maximum Gasteiger partial charge on any atom is 0.253 e. The molecule has 2 aromatic rings. The number of H-pyrrole nitrogens is 1. The standard InChI is InChI=1S/C12H12FN3O2S/c1-6(17)7-3-2-4-8(13)11(7)19-12-15-9(14)5-10(18)16-12/h2-6,17H,1H3,(H3,14,15,16,18). The average molecular weight is 281 g/mol. The highest BCUT2D eigenvalue weighted by atomic mass is 32.2. The first-order valence-electron chi connectivity index (χ1n) is 5.48. The molecule has 0 saturated carbocycles. The van der Waals surface area contributed by atoms with Crippen LogP contribution in [0, 0.1) is 5.82 Å². The minimum absolute atomic E-state index is 0.0567. The number of nitrogen functional groups attached to an aromatic ring is 1. The molecule has 1 aromatic carbocycles. The summed E-state index contributed by atoms with van der Waals surface area (Å²) in [5.41, 5.74) is 5.48. The van der Waals surface area contributed by atoms with E-state index in [0.29, 0.717) is 5.56 Å². The van der Waals surface area contributed by atoms with E-state index < -0.39 is 17.5 Å². The Balaban J connectivity index is 2.45. The molecular weight excluding hydrogens is 269 g/mol. The van der Waals surface area contributed by atoms with Crippen molar-refractivity contribution >= 4 is 17.6 Å². The van der Waals surface area contributed by atoms with E-state index in [1.54, 1.807) is 6.07 Å². The molecule has 100 valence electrons. The molecule has 0 spiro atoms. The zero-order chi connectivity index (χ0) is 14.0. The molecule has 0 aliphatic rings. The van der Waals surface area contributed by atoms with Gasteiger partial charge in [0.25, 0.3) is 5.56 Å². The van der Waals surface area contributed by atoms with Gasteiger partial charge in [0.05, 0.1) is 11.0 Å². The number of nitrogens with one attached hydrogen (secondary N) is 1. The van der Waals surface area contributed by atoms with Gasteiger partial charge in [-0.25, -0.2) is 9.37 Å². The molecule has 0 radical (unpaired) electrons. The van der Waals surface area contributed by atoms with E-state index in [4.69, 9.17) is 5.73 Å². The summed E-state index contributed by atoms with van der Waals surface area (Å²) in [5.74, 6) is -0.436. The third-order valence-electron chi connectivity index (χ3n) is 2.39. The van der Waals surface area contributed by atoms with Gasteiger partial charge in [0.1, 0.15) is 11.6 Å². The molecule has 1 atom stereocenters. The third kappa shape index (κ3) is 3.12. The second-order valence-electron chi connectivity index (χ2n) is 3.91. The van der Waals surface area contributed by atoms with Crippen molar-refractivity contribution in [3.63, 3.8) is 0 Å². The number of benzene rings is 1. The van der Waals surface area contributed by atoms with Crippen LogP contribution in [0.15, 0.2) is 39.1 Å². The number of rotatable bonds is 3. The Bertz CT molecular complexity index is 658. The van der Waals surface area contributed by atoms with Crippen LogP contribution in [0.4, 0.5) is 10.2 Å². The second kappa shape index (κ2) is 5.41. The Morgan fingerprint density at radius 3 is 2.89 bits per heavy atom. The lowest BCUT2D eigenvalue weighted by molar-refractivity contribution is 0.195. The van der Waals surface area contributed by atoms with Crippen LogP contribution in [-0.2, 0) is 0 Å². The smallest absolute Gasteiger partial charge is 0.253 e. The lowest BCUT2D eigenvalue weighted by atomic mass is 10.1. The van der Waals surface area contributed by atoms with E-state index in [0.717, 1.165) is 17.8 Å². The maximum atomic E-state index is 13.8. The lowest BCUT2D eigenvalue weighted by Gasteiger charge is -2.11. The van der Waals surface area contributed by atoms with Crippen molar-refractivity contribution in [2.75, 3.05) is 5.73 Å². The fraction of sp³-hybridized carbons (Fsp3) is 0.167. The number of hydrogen-bond acceptors (Lipinski definition) is 5. The topological polar surface area (TPSA) is 92.0 Å². The van der Waals surface area contributed by atoms with E-state index in [2.05, 4.69) is 9.97 Å². The van der Waals surface area contributed by atoms with Crippen LogP contribution in [0.25, 0.3) is 0 Å². The number of nitrogens with two attached hydrogens (primary N) is 1. The fourth-order valence-electron chi connectivity index (χ4n) is 1.56. The van der Waals surface area contributed by atoms with E-state index in [-0.39, 0.29) is 15.9 Å². The zero-order valence-electron chi connectivity index (χ0n) is 10.1. The molecule has 0 saturated heterocycles. The number of halogens is 1. The molecule has 4 N–H and O–H groups in total. The van der Waals surface area contributed by atoms with Crippen molar-refractivity contribution in [2.45, 2.75) is 23.1 Å². The summed E-state index contributed by atoms with van der Waals surface area (Å²) in [6.45, 7) is 1.54. The number of aliphatic hydroxyl groups excluding tert-OH is 1. The van der Waals surface area contributed by atoms with E-state index in [9.17, 15) is 14.3 Å². The highest BCUT2D eigenvalue weighted by Crippen LogP contribution is 2.33. The predicted molar refractivity (Wildman–Crippen MR) is 70.4 cm³/mol. The molecule has 19 heavy (non-hydrogen) atoms. The molecule has 1 aromatic heterocycles. The van der Waals surface area contributed by atoms with Crippen LogP contribution >= 0.6 is 11.8 Å². The molecule has 0 aliphatic heterocycles. The van der Waals surface area contributed by atoms with Gasteiger partial charge in [0.15, 0.2) is 5.16 Å². The maximum absolute atomic E-state index is 13.8. The monoisotopic (exact) mass is 281 g/mol. The van der Waals surface area contributed by atoms with Crippen LogP contribution in [0.5, 0.6) is 0 Å². The summed E-state index contributed by atoms with van der Waals surface area (Å²) in [6, 6.07) is 5.54. The zero-order valence-corrected chi connectivity index (χ0v) is 10.9. The van der Waals surface area contributed by atoms with Crippen LogP contribution < -0.4 is 11.3 Å². The van der Waals surface area contributed by atoms with E-state index in [1.807, 2.05) is 0 Å². The van der Waals surface area contributed by atoms with Gasteiger partial charge < -0.3 is 15.8 Å².